The van der Waals surface area contributed by atoms with Crippen molar-refractivity contribution in [2.45, 2.75) is 20.4 Å². The summed E-state index contributed by atoms with van der Waals surface area (Å²) in [6.07, 6.45) is 0. The number of anilines is 1. The first-order valence-corrected chi connectivity index (χ1v) is 7.18. The molecule has 0 fully saturated rings. The molecule has 0 radical (unpaired) electrons. The Morgan fingerprint density at radius 2 is 1.65 bits per heavy atom. The second-order valence-electron chi connectivity index (χ2n) is 5.52. The van der Waals surface area contributed by atoms with E-state index in [9.17, 15) is 0 Å². The average Bonchev–Trinajstić information content (AvgIpc) is 2.38. The third-order valence-corrected chi connectivity index (χ3v) is 3.38. The zero-order chi connectivity index (χ0) is 14.4. The van der Waals surface area contributed by atoms with Gasteiger partial charge in [-0.3, -0.25) is 0 Å². The lowest BCUT2D eigenvalue weighted by atomic mass is 10.1. The second kappa shape index (κ2) is 7.11. The first kappa shape index (κ1) is 14.6. The summed E-state index contributed by atoms with van der Waals surface area (Å²) < 4.78 is 0. The smallest absolute Gasteiger partial charge is 0.0343 e. The highest BCUT2D eigenvalue weighted by molar-refractivity contribution is 5.45. The van der Waals surface area contributed by atoms with Gasteiger partial charge in [0.25, 0.3) is 0 Å². The van der Waals surface area contributed by atoms with E-state index in [0.29, 0.717) is 0 Å². The number of hydrogen-bond acceptors (Lipinski definition) is 2. The maximum Gasteiger partial charge on any atom is 0.0343 e. The first-order chi connectivity index (χ1) is 9.63. The highest BCUT2D eigenvalue weighted by atomic mass is 15.1. The van der Waals surface area contributed by atoms with Crippen molar-refractivity contribution in [1.82, 2.24) is 4.90 Å². The summed E-state index contributed by atoms with van der Waals surface area (Å²) in [5.41, 5.74) is 5.20. The molecule has 2 aromatic carbocycles. The van der Waals surface area contributed by atoms with Gasteiger partial charge in [-0.05, 0) is 44.2 Å². The molecule has 2 heteroatoms. The SMILES string of the molecule is Cc1cccc(CN(C)CCNc2cccc(C)c2)c1. The molecule has 2 aromatic rings. The second-order valence-corrected chi connectivity index (χ2v) is 5.52. The van der Waals surface area contributed by atoms with Crippen molar-refractivity contribution in [2.24, 2.45) is 0 Å². The number of aryl methyl sites for hydroxylation is 2. The molecule has 0 atom stereocenters. The minimum Gasteiger partial charge on any atom is -0.384 e. The molecular formula is C18H24N2. The Bertz CT molecular complexity index is 549. The number of benzene rings is 2. The predicted molar refractivity (Wildman–Crippen MR) is 87.2 cm³/mol. The van der Waals surface area contributed by atoms with Crippen molar-refractivity contribution in [3.63, 3.8) is 0 Å². The minimum absolute atomic E-state index is 0.964. The molecular weight excluding hydrogens is 244 g/mol. The van der Waals surface area contributed by atoms with Gasteiger partial charge in [0.2, 0.25) is 0 Å². The number of hydrogen-bond donors (Lipinski definition) is 1. The van der Waals surface area contributed by atoms with Crippen molar-refractivity contribution in [1.29, 1.82) is 0 Å². The molecule has 0 bridgehead atoms. The highest BCUT2D eigenvalue weighted by Gasteiger charge is 2.00. The van der Waals surface area contributed by atoms with Crippen LogP contribution in [0.1, 0.15) is 16.7 Å². The molecule has 106 valence electrons. The third-order valence-electron chi connectivity index (χ3n) is 3.38. The molecule has 0 spiro atoms. The summed E-state index contributed by atoms with van der Waals surface area (Å²) >= 11 is 0. The fourth-order valence-corrected chi connectivity index (χ4v) is 2.35. The molecule has 0 aliphatic heterocycles. The van der Waals surface area contributed by atoms with Crippen LogP contribution >= 0.6 is 0 Å². The van der Waals surface area contributed by atoms with E-state index in [0.717, 1.165) is 19.6 Å². The van der Waals surface area contributed by atoms with Crippen LogP contribution < -0.4 is 5.32 Å². The number of nitrogens with one attached hydrogen (secondary N) is 1. The summed E-state index contributed by atoms with van der Waals surface area (Å²) in [5.74, 6) is 0. The fraction of sp³-hybridized carbons (Fsp3) is 0.333. The van der Waals surface area contributed by atoms with Gasteiger partial charge in [0.15, 0.2) is 0 Å². The Morgan fingerprint density at radius 1 is 0.950 bits per heavy atom. The van der Waals surface area contributed by atoms with E-state index in [2.05, 4.69) is 79.6 Å². The van der Waals surface area contributed by atoms with Gasteiger partial charge in [0, 0.05) is 25.3 Å². The Morgan fingerprint density at radius 3 is 2.35 bits per heavy atom. The van der Waals surface area contributed by atoms with Crippen LogP contribution in [0, 0.1) is 13.8 Å². The van der Waals surface area contributed by atoms with E-state index < -0.39 is 0 Å². The zero-order valence-electron chi connectivity index (χ0n) is 12.7. The number of likely N-dealkylation sites (N-methyl/N-ethyl adjacent to an activating group) is 1. The topological polar surface area (TPSA) is 15.3 Å². The molecule has 0 aromatic heterocycles. The van der Waals surface area contributed by atoms with Crippen molar-refractivity contribution >= 4 is 5.69 Å². The van der Waals surface area contributed by atoms with Gasteiger partial charge in [-0.2, -0.15) is 0 Å². The van der Waals surface area contributed by atoms with E-state index in [-0.39, 0.29) is 0 Å². The Balaban J connectivity index is 1.76. The van der Waals surface area contributed by atoms with E-state index >= 15 is 0 Å². The summed E-state index contributed by atoms with van der Waals surface area (Å²) in [6, 6.07) is 17.2. The van der Waals surface area contributed by atoms with Crippen LogP contribution in [0.4, 0.5) is 5.69 Å². The Hall–Kier alpha value is -1.80. The fourth-order valence-electron chi connectivity index (χ4n) is 2.35. The number of rotatable bonds is 6. The largest absolute Gasteiger partial charge is 0.384 e. The molecule has 20 heavy (non-hydrogen) atoms. The Kier molecular flexibility index (Phi) is 5.19. The zero-order valence-corrected chi connectivity index (χ0v) is 12.7. The third kappa shape index (κ3) is 4.71. The lowest BCUT2D eigenvalue weighted by Gasteiger charge is -2.18. The van der Waals surface area contributed by atoms with Crippen molar-refractivity contribution in [3.05, 3.63) is 65.2 Å². The van der Waals surface area contributed by atoms with E-state index in [1.54, 1.807) is 0 Å². The summed E-state index contributed by atoms with van der Waals surface area (Å²) in [6.45, 7) is 7.25. The molecule has 1 N–H and O–H groups in total. The lowest BCUT2D eigenvalue weighted by Crippen LogP contribution is -2.24. The van der Waals surface area contributed by atoms with Gasteiger partial charge < -0.3 is 10.2 Å². The van der Waals surface area contributed by atoms with Crippen LogP contribution in [0.15, 0.2) is 48.5 Å². The predicted octanol–water partition coefficient (Wildman–Crippen LogP) is 3.85. The molecule has 0 saturated carbocycles. The minimum atomic E-state index is 0.964. The van der Waals surface area contributed by atoms with Crippen molar-refractivity contribution < 1.29 is 0 Å². The van der Waals surface area contributed by atoms with E-state index in [1.807, 2.05) is 0 Å². The molecule has 0 aliphatic carbocycles. The van der Waals surface area contributed by atoms with Gasteiger partial charge >= 0.3 is 0 Å². The molecule has 2 nitrogen and oxygen atoms in total. The summed E-state index contributed by atoms with van der Waals surface area (Å²) in [4.78, 5) is 2.34. The molecule has 0 saturated heterocycles. The molecule has 0 amide bonds. The van der Waals surface area contributed by atoms with Crippen LogP contribution in [0.2, 0.25) is 0 Å². The lowest BCUT2D eigenvalue weighted by molar-refractivity contribution is 0.340. The van der Waals surface area contributed by atoms with Crippen LogP contribution in [-0.2, 0) is 6.54 Å². The molecule has 2 rings (SSSR count). The first-order valence-electron chi connectivity index (χ1n) is 7.18. The van der Waals surface area contributed by atoms with Gasteiger partial charge in [0.1, 0.15) is 0 Å². The average molecular weight is 268 g/mol. The van der Waals surface area contributed by atoms with Gasteiger partial charge in [0.05, 0.1) is 0 Å². The van der Waals surface area contributed by atoms with Crippen LogP contribution in [0.3, 0.4) is 0 Å². The van der Waals surface area contributed by atoms with Crippen molar-refractivity contribution in [2.75, 3.05) is 25.5 Å². The van der Waals surface area contributed by atoms with Crippen LogP contribution in [0.5, 0.6) is 0 Å². The van der Waals surface area contributed by atoms with Gasteiger partial charge in [-0.25, -0.2) is 0 Å². The monoisotopic (exact) mass is 268 g/mol. The molecule has 0 heterocycles. The van der Waals surface area contributed by atoms with E-state index in [4.69, 9.17) is 0 Å². The van der Waals surface area contributed by atoms with E-state index in [1.165, 1.54) is 22.4 Å². The van der Waals surface area contributed by atoms with Gasteiger partial charge in [-0.1, -0.05) is 42.0 Å². The van der Waals surface area contributed by atoms with Crippen LogP contribution in [-0.4, -0.2) is 25.0 Å². The Labute approximate surface area is 122 Å². The van der Waals surface area contributed by atoms with Crippen molar-refractivity contribution in [3.8, 4) is 0 Å². The van der Waals surface area contributed by atoms with Gasteiger partial charge in [-0.15, -0.1) is 0 Å². The quantitative estimate of drug-likeness (QED) is 0.856. The maximum absolute atomic E-state index is 3.47. The summed E-state index contributed by atoms with van der Waals surface area (Å²) in [5, 5.41) is 3.47. The normalized spacial score (nSPS) is 10.8. The standard InChI is InChI=1S/C18H24N2/c1-15-6-4-8-17(12-15)14-20(3)11-10-19-18-9-5-7-16(2)13-18/h4-9,12-13,19H,10-11,14H2,1-3H3. The molecule has 0 aliphatic rings. The highest BCUT2D eigenvalue weighted by Crippen LogP contribution is 2.09. The maximum atomic E-state index is 3.47. The number of nitrogens with zero attached hydrogens (tertiary/aromatic N) is 1. The summed E-state index contributed by atoms with van der Waals surface area (Å²) in [7, 11) is 2.17. The van der Waals surface area contributed by atoms with Crippen LogP contribution in [0.25, 0.3) is 0 Å². The molecule has 0 unspecified atom stereocenters.